The molecule has 2 nitrogen and oxygen atoms in total. The molecule has 1 heterocycles. The van der Waals surface area contributed by atoms with Gasteiger partial charge in [-0.3, -0.25) is 0 Å². The number of halogens is 1. The lowest BCUT2D eigenvalue weighted by molar-refractivity contribution is 0.322. The van der Waals surface area contributed by atoms with Crippen molar-refractivity contribution in [1.82, 2.24) is 0 Å². The highest BCUT2D eigenvalue weighted by molar-refractivity contribution is 5.51. The van der Waals surface area contributed by atoms with Crippen LogP contribution in [0.15, 0.2) is 18.2 Å². The summed E-state index contributed by atoms with van der Waals surface area (Å²) in [6.45, 7) is 6.24. The van der Waals surface area contributed by atoms with E-state index < -0.39 is 0 Å². The van der Waals surface area contributed by atoms with Crippen molar-refractivity contribution in [3.63, 3.8) is 0 Å². The third-order valence-corrected chi connectivity index (χ3v) is 3.75. The lowest BCUT2D eigenvalue weighted by Gasteiger charge is -2.36. The van der Waals surface area contributed by atoms with Crippen molar-refractivity contribution in [2.45, 2.75) is 20.3 Å². The van der Waals surface area contributed by atoms with Gasteiger partial charge in [0.2, 0.25) is 0 Å². The van der Waals surface area contributed by atoms with Gasteiger partial charge in [0, 0.05) is 13.1 Å². The number of piperidine rings is 1. The zero-order valence-corrected chi connectivity index (χ0v) is 10.3. The van der Waals surface area contributed by atoms with Gasteiger partial charge < -0.3 is 4.90 Å². The molecule has 0 aliphatic carbocycles. The van der Waals surface area contributed by atoms with Crippen LogP contribution in [-0.4, -0.2) is 13.1 Å². The van der Waals surface area contributed by atoms with E-state index in [1.165, 1.54) is 6.07 Å². The number of nitriles is 1. The molecule has 0 aromatic heterocycles. The van der Waals surface area contributed by atoms with Crippen LogP contribution in [0.25, 0.3) is 0 Å². The SMILES string of the molecule is CC1CCN(c2ccc(C#N)cc2F)CC1C. The van der Waals surface area contributed by atoms with Gasteiger partial charge in [-0.15, -0.1) is 0 Å². The molecule has 90 valence electrons. The molecule has 0 radical (unpaired) electrons. The van der Waals surface area contributed by atoms with Gasteiger partial charge in [-0.25, -0.2) is 4.39 Å². The van der Waals surface area contributed by atoms with Crippen LogP contribution in [0, 0.1) is 29.0 Å². The summed E-state index contributed by atoms with van der Waals surface area (Å²) in [7, 11) is 0. The zero-order valence-electron chi connectivity index (χ0n) is 10.3. The molecule has 1 aromatic rings. The first-order chi connectivity index (χ1) is 8.11. The Morgan fingerprint density at radius 1 is 1.35 bits per heavy atom. The highest BCUT2D eigenvalue weighted by atomic mass is 19.1. The van der Waals surface area contributed by atoms with Gasteiger partial charge in [-0.05, 0) is 36.5 Å². The van der Waals surface area contributed by atoms with E-state index in [0.29, 0.717) is 23.1 Å². The first kappa shape index (κ1) is 11.9. The van der Waals surface area contributed by atoms with E-state index in [0.717, 1.165) is 19.5 Å². The van der Waals surface area contributed by atoms with Crippen LogP contribution >= 0.6 is 0 Å². The van der Waals surface area contributed by atoms with Crippen LogP contribution in [0.5, 0.6) is 0 Å². The third kappa shape index (κ3) is 2.41. The molecule has 0 amide bonds. The number of benzene rings is 1. The lowest BCUT2D eigenvalue weighted by atomic mass is 9.88. The zero-order chi connectivity index (χ0) is 12.4. The molecule has 1 aliphatic rings. The lowest BCUT2D eigenvalue weighted by Crippen LogP contribution is -2.38. The van der Waals surface area contributed by atoms with Crippen molar-refractivity contribution in [2.75, 3.05) is 18.0 Å². The molecule has 17 heavy (non-hydrogen) atoms. The van der Waals surface area contributed by atoms with Crippen molar-refractivity contribution in [1.29, 1.82) is 5.26 Å². The summed E-state index contributed by atoms with van der Waals surface area (Å²) in [6.07, 6.45) is 1.10. The van der Waals surface area contributed by atoms with Crippen molar-refractivity contribution < 1.29 is 4.39 Å². The summed E-state index contributed by atoms with van der Waals surface area (Å²) in [4.78, 5) is 2.08. The summed E-state index contributed by atoms with van der Waals surface area (Å²) >= 11 is 0. The quantitative estimate of drug-likeness (QED) is 0.743. The Hall–Kier alpha value is -1.56. The predicted molar refractivity (Wildman–Crippen MR) is 66.3 cm³/mol. The van der Waals surface area contributed by atoms with Crippen LogP contribution in [0.3, 0.4) is 0 Å². The van der Waals surface area contributed by atoms with Gasteiger partial charge in [0.05, 0.1) is 17.3 Å². The van der Waals surface area contributed by atoms with E-state index >= 15 is 0 Å². The Kier molecular flexibility index (Phi) is 3.33. The van der Waals surface area contributed by atoms with Crippen LogP contribution < -0.4 is 4.90 Å². The molecule has 3 heteroatoms. The Balaban J connectivity index is 2.21. The molecule has 1 fully saturated rings. The average molecular weight is 232 g/mol. The summed E-state index contributed by atoms with van der Waals surface area (Å²) in [5.41, 5.74) is 1.01. The number of hydrogen-bond donors (Lipinski definition) is 0. The van der Waals surface area contributed by atoms with E-state index in [2.05, 4.69) is 18.7 Å². The number of nitrogens with zero attached hydrogens (tertiary/aromatic N) is 2. The molecule has 0 bridgehead atoms. The average Bonchev–Trinajstić information content (AvgIpc) is 2.32. The maximum atomic E-state index is 13.9. The predicted octanol–water partition coefficient (Wildman–Crippen LogP) is 3.18. The van der Waals surface area contributed by atoms with Gasteiger partial charge >= 0.3 is 0 Å². The monoisotopic (exact) mass is 232 g/mol. The summed E-state index contributed by atoms with van der Waals surface area (Å²) in [5.74, 6) is 0.997. The molecule has 0 N–H and O–H groups in total. The Labute approximate surface area is 102 Å². The minimum absolute atomic E-state index is 0.286. The largest absolute Gasteiger partial charge is 0.369 e. The van der Waals surface area contributed by atoms with Crippen molar-refractivity contribution >= 4 is 5.69 Å². The fourth-order valence-corrected chi connectivity index (χ4v) is 2.31. The fourth-order valence-electron chi connectivity index (χ4n) is 2.31. The molecule has 2 atom stereocenters. The van der Waals surface area contributed by atoms with E-state index in [1.54, 1.807) is 12.1 Å². The van der Waals surface area contributed by atoms with Crippen LogP contribution in [0.2, 0.25) is 0 Å². The fraction of sp³-hybridized carbons (Fsp3) is 0.500. The van der Waals surface area contributed by atoms with E-state index in [-0.39, 0.29) is 5.82 Å². The Morgan fingerprint density at radius 2 is 2.12 bits per heavy atom. The van der Waals surface area contributed by atoms with Gasteiger partial charge in [0.15, 0.2) is 0 Å². The standard InChI is InChI=1S/C14H17FN2/c1-10-5-6-17(9-11(10)2)14-4-3-12(8-16)7-13(14)15/h3-4,7,10-11H,5-6,9H2,1-2H3. The summed E-state index contributed by atoms with van der Waals surface area (Å²) < 4.78 is 13.9. The van der Waals surface area contributed by atoms with Crippen molar-refractivity contribution in [2.24, 2.45) is 11.8 Å². The topological polar surface area (TPSA) is 27.0 Å². The minimum Gasteiger partial charge on any atom is -0.369 e. The molecule has 2 rings (SSSR count). The maximum absolute atomic E-state index is 13.9. The second-order valence-corrected chi connectivity index (χ2v) is 4.97. The molecule has 1 aliphatic heterocycles. The number of hydrogen-bond acceptors (Lipinski definition) is 2. The van der Waals surface area contributed by atoms with E-state index in [1.807, 2.05) is 6.07 Å². The smallest absolute Gasteiger partial charge is 0.147 e. The van der Waals surface area contributed by atoms with Gasteiger partial charge in [0.1, 0.15) is 5.82 Å². The first-order valence-corrected chi connectivity index (χ1v) is 6.06. The van der Waals surface area contributed by atoms with E-state index in [4.69, 9.17) is 5.26 Å². The second-order valence-electron chi connectivity index (χ2n) is 4.97. The number of rotatable bonds is 1. The molecular weight excluding hydrogens is 215 g/mol. The van der Waals surface area contributed by atoms with Crippen LogP contribution in [0.4, 0.5) is 10.1 Å². The Bertz CT molecular complexity index is 450. The molecular formula is C14H17FN2. The highest BCUT2D eigenvalue weighted by Gasteiger charge is 2.24. The van der Waals surface area contributed by atoms with E-state index in [9.17, 15) is 4.39 Å². The van der Waals surface area contributed by atoms with Gasteiger partial charge in [-0.1, -0.05) is 13.8 Å². The van der Waals surface area contributed by atoms with Gasteiger partial charge in [-0.2, -0.15) is 5.26 Å². The van der Waals surface area contributed by atoms with Crippen LogP contribution in [0.1, 0.15) is 25.8 Å². The first-order valence-electron chi connectivity index (χ1n) is 6.06. The maximum Gasteiger partial charge on any atom is 0.147 e. The van der Waals surface area contributed by atoms with Gasteiger partial charge in [0.25, 0.3) is 0 Å². The second kappa shape index (κ2) is 4.75. The van der Waals surface area contributed by atoms with Crippen molar-refractivity contribution in [3.05, 3.63) is 29.6 Å². The third-order valence-electron chi connectivity index (χ3n) is 3.75. The normalized spacial score (nSPS) is 24.5. The van der Waals surface area contributed by atoms with Crippen molar-refractivity contribution in [3.8, 4) is 6.07 Å². The molecule has 1 aromatic carbocycles. The molecule has 1 saturated heterocycles. The highest BCUT2D eigenvalue weighted by Crippen LogP contribution is 2.28. The summed E-state index contributed by atoms with van der Waals surface area (Å²) in [6, 6.07) is 6.67. The number of anilines is 1. The molecule has 0 spiro atoms. The molecule has 0 saturated carbocycles. The van der Waals surface area contributed by atoms with Crippen LogP contribution in [-0.2, 0) is 0 Å². The minimum atomic E-state index is -0.286. The Morgan fingerprint density at radius 3 is 2.71 bits per heavy atom. The molecule has 2 unspecified atom stereocenters. The summed E-state index contributed by atoms with van der Waals surface area (Å²) in [5, 5.41) is 8.71.